The topological polar surface area (TPSA) is 37.3 Å². The lowest BCUT2D eigenvalue weighted by Crippen LogP contribution is -1.91. The van der Waals surface area contributed by atoms with Gasteiger partial charge in [-0.05, 0) is 43.2 Å². The molecule has 0 aliphatic carbocycles. The van der Waals surface area contributed by atoms with E-state index in [1.807, 2.05) is 0 Å². The zero-order chi connectivity index (χ0) is 12.4. The van der Waals surface area contributed by atoms with Gasteiger partial charge in [0.25, 0.3) is 0 Å². The van der Waals surface area contributed by atoms with Crippen molar-refractivity contribution in [1.82, 2.24) is 0 Å². The second-order valence-corrected chi connectivity index (χ2v) is 6.17. The second kappa shape index (κ2) is 4.94. The largest absolute Gasteiger partial charge is 0.478 e. The molecule has 1 aromatic heterocycles. The maximum absolute atomic E-state index is 10.8. The predicted octanol–water partition coefficient (Wildman–Crippen LogP) is 4.21. The highest BCUT2D eigenvalue weighted by Crippen LogP contribution is 2.33. The van der Waals surface area contributed by atoms with Gasteiger partial charge >= 0.3 is 5.97 Å². The Balaban J connectivity index is 2.22. The summed E-state index contributed by atoms with van der Waals surface area (Å²) in [6.07, 6.45) is 0. The molecule has 0 aliphatic heterocycles. The highest BCUT2D eigenvalue weighted by molar-refractivity contribution is 8.01. The van der Waals surface area contributed by atoms with Crippen molar-refractivity contribution in [3.05, 3.63) is 46.3 Å². The number of carboxylic acid groups (broad SMARTS) is 1. The van der Waals surface area contributed by atoms with Gasteiger partial charge in [0.1, 0.15) is 0 Å². The van der Waals surface area contributed by atoms with Crippen molar-refractivity contribution in [3.63, 3.8) is 0 Å². The van der Waals surface area contributed by atoms with E-state index in [0.717, 1.165) is 9.10 Å². The first kappa shape index (κ1) is 12.2. The number of rotatable bonds is 3. The van der Waals surface area contributed by atoms with Gasteiger partial charge in [0, 0.05) is 10.3 Å². The van der Waals surface area contributed by atoms with Crippen LogP contribution in [0.15, 0.2) is 38.8 Å². The lowest BCUT2D eigenvalue weighted by molar-refractivity contribution is 0.0697. The van der Waals surface area contributed by atoms with Gasteiger partial charge in [0.05, 0.1) is 9.77 Å². The van der Waals surface area contributed by atoms with E-state index in [4.69, 9.17) is 5.11 Å². The van der Waals surface area contributed by atoms with Crippen molar-refractivity contribution in [3.8, 4) is 0 Å². The van der Waals surface area contributed by atoms with Crippen LogP contribution in [0.5, 0.6) is 0 Å². The number of thiophene rings is 1. The average Bonchev–Trinajstić information content (AvgIpc) is 2.64. The number of carboxylic acids is 1. The van der Waals surface area contributed by atoms with Gasteiger partial charge in [0.15, 0.2) is 0 Å². The van der Waals surface area contributed by atoms with E-state index >= 15 is 0 Å². The van der Waals surface area contributed by atoms with E-state index in [0.29, 0.717) is 5.56 Å². The Morgan fingerprint density at radius 1 is 1.18 bits per heavy atom. The minimum atomic E-state index is -0.867. The Hall–Kier alpha value is -1.26. The lowest BCUT2D eigenvalue weighted by atomic mass is 10.2. The first-order chi connectivity index (χ1) is 8.04. The van der Waals surface area contributed by atoms with Crippen molar-refractivity contribution >= 4 is 29.1 Å². The maximum Gasteiger partial charge on any atom is 0.336 e. The number of benzene rings is 1. The third-order valence-corrected chi connectivity index (χ3v) is 4.29. The van der Waals surface area contributed by atoms with Gasteiger partial charge < -0.3 is 5.11 Å². The molecular formula is C13H12O2S2. The van der Waals surface area contributed by atoms with E-state index < -0.39 is 5.97 Å². The van der Waals surface area contributed by atoms with E-state index in [1.54, 1.807) is 23.2 Å². The van der Waals surface area contributed by atoms with E-state index in [9.17, 15) is 4.79 Å². The van der Waals surface area contributed by atoms with Crippen LogP contribution in [0.3, 0.4) is 0 Å². The number of carbonyl (C=O) groups is 1. The number of aromatic carboxylic acids is 1. The molecule has 0 radical (unpaired) electrons. The average molecular weight is 264 g/mol. The zero-order valence-corrected chi connectivity index (χ0v) is 11.2. The Morgan fingerprint density at radius 2 is 1.82 bits per heavy atom. The molecule has 0 spiro atoms. The highest BCUT2D eigenvalue weighted by Gasteiger charge is 2.07. The molecule has 0 aliphatic rings. The van der Waals surface area contributed by atoms with E-state index in [2.05, 4.69) is 32.0 Å². The summed E-state index contributed by atoms with van der Waals surface area (Å²) >= 11 is 3.08. The van der Waals surface area contributed by atoms with Crippen LogP contribution in [-0.4, -0.2) is 11.1 Å². The molecular weight excluding hydrogens is 252 g/mol. The summed E-state index contributed by atoms with van der Waals surface area (Å²) in [5.74, 6) is -0.867. The van der Waals surface area contributed by atoms with Gasteiger partial charge in [-0.3, -0.25) is 0 Å². The zero-order valence-electron chi connectivity index (χ0n) is 9.56. The Labute approximate surface area is 108 Å². The summed E-state index contributed by atoms with van der Waals surface area (Å²) in [7, 11) is 0. The van der Waals surface area contributed by atoms with Crippen LogP contribution in [-0.2, 0) is 0 Å². The Kier molecular flexibility index (Phi) is 3.54. The summed E-state index contributed by atoms with van der Waals surface area (Å²) in [5.41, 5.74) is 2.81. The molecule has 0 unspecified atom stereocenters. The van der Waals surface area contributed by atoms with E-state index in [1.165, 1.54) is 22.5 Å². The molecule has 0 saturated carbocycles. The van der Waals surface area contributed by atoms with Gasteiger partial charge in [-0.15, -0.1) is 11.3 Å². The first-order valence-electron chi connectivity index (χ1n) is 5.12. The van der Waals surface area contributed by atoms with Crippen molar-refractivity contribution in [1.29, 1.82) is 0 Å². The lowest BCUT2D eigenvalue weighted by Gasteiger charge is -2.02. The Bertz CT molecular complexity index is 538. The minimum Gasteiger partial charge on any atom is -0.478 e. The summed E-state index contributed by atoms with van der Waals surface area (Å²) in [6.45, 7) is 4.13. The van der Waals surface area contributed by atoms with Crippen LogP contribution in [0.4, 0.5) is 0 Å². The third kappa shape index (κ3) is 3.11. The van der Waals surface area contributed by atoms with Crippen molar-refractivity contribution in [2.45, 2.75) is 23.0 Å². The predicted molar refractivity (Wildman–Crippen MR) is 71.3 cm³/mol. The molecule has 1 heterocycles. The molecule has 1 aromatic carbocycles. The number of hydrogen-bond acceptors (Lipinski definition) is 3. The molecule has 2 nitrogen and oxygen atoms in total. The van der Waals surface area contributed by atoms with Crippen LogP contribution >= 0.6 is 23.1 Å². The third-order valence-electron chi connectivity index (χ3n) is 2.24. The van der Waals surface area contributed by atoms with Gasteiger partial charge in [-0.25, -0.2) is 4.79 Å². The fourth-order valence-electron chi connectivity index (χ4n) is 1.59. The summed E-state index contributed by atoms with van der Waals surface area (Å²) < 4.78 is 1.01. The minimum absolute atomic E-state index is 0.363. The molecule has 4 heteroatoms. The van der Waals surface area contributed by atoms with Crippen LogP contribution in [0.2, 0.25) is 0 Å². The van der Waals surface area contributed by atoms with Gasteiger partial charge in [-0.2, -0.15) is 0 Å². The van der Waals surface area contributed by atoms with Crippen molar-refractivity contribution < 1.29 is 9.90 Å². The maximum atomic E-state index is 10.8. The van der Waals surface area contributed by atoms with E-state index in [-0.39, 0.29) is 0 Å². The van der Waals surface area contributed by atoms with Crippen molar-refractivity contribution in [2.24, 2.45) is 0 Å². The molecule has 0 amide bonds. The molecule has 0 atom stereocenters. The summed E-state index contributed by atoms with van der Waals surface area (Å²) in [4.78, 5) is 11.9. The molecule has 0 saturated heterocycles. The molecule has 0 bridgehead atoms. The van der Waals surface area contributed by atoms with Crippen LogP contribution < -0.4 is 0 Å². The molecule has 88 valence electrons. The summed E-state index contributed by atoms with van der Waals surface area (Å²) in [5, 5.41) is 10.5. The quantitative estimate of drug-likeness (QED) is 0.902. The highest BCUT2D eigenvalue weighted by atomic mass is 32.2. The normalized spacial score (nSPS) is 10.5. The molecule has 17 heavy (non-hydrogen) atoms. The standard InChI is InChI=1S/C13H12O2S2/c1-8-3-9(2)5-11(4-8)17-12-6-10(7-16-12)13(14)15/h3-7H,1-2H3,(H,14,15). The molecule has 0 fully saturated rings. The SMILES string of the molecule is Cc1cc(C)cc(Sc2cc(C(=O)O)cs2)c1. The first-order valence-corrected chi connectivity index (χ1v) is 6.82. The fraction of sp³-hybridized carbons (Fsp3) is 0.154. The molecule has 2 aromatic rings. The van der Waals surface area contributed by atoms with Gasteiger partial charge in [0.2, 0.25) is 0 Å². The Morgan fingerprint density at radius 3 is 2.35 bits per heavy atom. The molecule has 1 N–H and O–H groups in total. The van der Waals surface area contributed by atoms with Crippen LogP contribution in [0.25, 0.3) is 0 Å². The monoisotopic (exact) mass is 264 g/mol. The van der Waals surface area contributed by atoms with Crippen LogP contribution in [0, 0.1) is 13.8 Å². The molecule has 2 rings (SSSR count). The number of hydrogen-bond donors (Lipinski definition) is 1. The van der Waals surface area contributed by atoms with Crippen LogP contribution in [0.1, 0.15) is 21.5 Å². The second-order valence-electron chi connectivity index (χ2n) is 3.89. The summed E-state index contributed by atoms with van der Waals surface area (Å²) in [6, 6.07) is 8.06. The van der Waals surface area contributed by atoms with Gasteiger partial charge in [-0.1, -0.05) is 17.8 Å². The smallest absolute Gasteiger partial charge is 0.336 e. The van der Waals surface area contributed by atoms with Crippen molar-refractivity contribution in [2.75, 3.05) is 0 Å². The number of aryl methyl sites for hydroxylation is 2. The fourth-order valence-corrected chi connectivity index (χ4v) is 3.73.